The van der Waals surface area contributed by atoms with Crippen LogP contribution in [0.1, 0.15) is 24.3 Å². The lowest BCUT2D eigenvalue weighted by Crippen LogP contribution is -2.41. The third-order valence-corrected chi connectivity index (χ3v) is 5.49. The molecule has 1 saturated heterocycles. The molecule has 0 aliphatic carbocycles. The van der Waals surface area contributed by atoms with Gasteiger partial charge in [0, 0.05) is 36.6 Å². The summed E-state index contributed by atoms with van der Waals surface area (Å²) in [4.78, 5) is 29.4. The number of hydrogen-bond acceptors (Lipinski definition) is 5. The average Bonchev–Trinajstić information content (AvgIpc) is 3.20. The molecule has 0 saturated carbocycles. The van der Waals surface area contributed by atoms with Crippen LogP contribution < -0.4 is 10.1 Å². The van der Waals surface area contributed by atoms with Crippen LogP contribution in [-0.4, -0.2) is 47.5 Å². The van der Waals surface area contributed by atoms with Gasteiger partial charge in [0.1, 0.15) is 11.3 Å². The second kappa shape index (κ2) is 8.10. The molecule has 1 aliphatic rings. The van der Waals surface area contributed by atoms with Gasteiger partial charge in [-0.15, -0.1) is 11.3 Å². The normalized spacial score (nSPS) is 16.1. The number of methoxy groups -OCH3 is 1. The minimum Gasteiger partial charge on any atom is -0.496 e. The Morgan fingerprint density at radius 1 is 1.15 bits per heavy atom. The van der Waals surface area contributed by atoms with Crippen molar-refractivity contribution < 1.29 is 14.3 Å². The van der Waals surface area contributed by atoms with Crippen LogP contribution in [-0.2, 0) is 17.9 Å². The number of nitrogens with one attached hydrogen (secondary N) is 1. The van der Waals surface area contributed by atoms with Gasteiger partial charge >= 0.3 is 6.03 Å². The number of carbonyl (C=O) groups is 2. The van der Waals surface area contributed by atoms with Crippen molar-refractivity contribution in [1.82, 2.24) is 15.1 Å². The van der Waals surface area contributed by atoms with Gasteiger partial charge in [0.2, 0.25) is 0 Å². The van der Waals surface area contributed by atoms with E-state index in [9.17, 15) is 9.59 Å². The fourth-order valence-corrected chi connectivity index (χ4v) is 3.92. The Balaban J connectivity index is 1.72. The molecule has 0 radical (unpaired) electrons. The smallest absolute Gasteiger partial charge is 0.325 e. The van der Waals surface area contributed by atoms with Gasteiger partial charge in [-0.25, -0.2) is 4.79 Å². The molecule has 27 heavy (non-hydrogen) atoms. The highest BCUT2D eigenvalue weighted by Crippen LogP contribution is 2.22. The molecule has 3 amide bonds. The number of imide groups is 1. The summed E-state index contributed by atoms with van der Waals surface area (Å²) in [6, 6.07) is 11.7. The zero-order chi connectivity index (χ0) is 19.4. The first kappa shape index (κ1) is 19.4. The van der Waals surface area contributed by atoms with Crippen molar-refractivity contribution in [1.29, 1.82) is 0 Å². The van der Waals surface area contributed by atoms with Gasteiger partial charge in [-0.1, -0.05) is 24.3 Å². The van der Waals surface area contributed by atoms with Crippen LogP contribution >= 0.6 is 11.3 Å². The van der Waals surface area contributed by atoms with E-state index in [2.05, 4.69) is 21.7 Å². The van der Waals surface area contributed by atoms with E-state index in [-0.39, 0.29) is 11.9 Å². The summed E-state index contributed by atoms with van der Waals surface area (Å²) in [5.74, 6) is 0.658. The second-order valence-electron chi connectivity index (χ2n) is 7.11. The van der Waals surface area contributed by atoms with Crippen molar-refractivity contribution in [3.8, 4) is 5.75 Å². The maximum absolute atomic E-state index is 12.4. The summed E-state index contributed by atoms with van der Waals surface area (Å²) >= 11 is 1.70. The fourth-order valence-electron chi connectivity index (χ4n) is 3.17. The summed E-state index contributed by atoms with van der Waals surface area (Å²) in [7, 11) is 1.66. The molecule has 1 aromatic carbocycles. The molecule has 7 heteroatoms. The zero-order valence-electron chi connectivity index (χ0n) is 15.9. The van der Waals surface area contributed by atoms with E-state index >= 15 is 0 Å². The summed E-state index contributed by atoms with van der Waals surface area (Å²) in [5, 5.41) is 4.78. The van der Waals surface area contributed by atoms with Gasteiger partial charge < -0.3 is 10.1 Å². The number of urea groups is 1. The number of para-hydroxylation sites is 1. The summed E-state index contributed by atoms with van der Waals surface area (Å²) < 4.78 is 5.47. The molecule has 0 bridgehead atoms. The third kappa shape index (κ3) is 4.48. The number of thiophene rings is 1. The minimum absolute atomic E-state index is 0.180. The van der Waals surface area contributed by atoms with E-state index in [0.29, 0.717) is 19.6 Å². The standard InChI is InChI=1S/C20H25N3O3S/c1-20(2)18(24)23(19(25)21-20)11-10-22(14-16-8-6-12-27-16)13-15-7-4-5-9-17(15)26-3/h4-9,12H,10-11,13-14H2,1-3H3,(H,21,25). The van der Waals surface area contributed by atoms with E-state index in [1.807, 2.05) is 30.3 Å². The van der Waals surface area contributed by atoms with Crippen LogP contribution in [0.4, 0.5) is 4.79 Å². The Morgan fingerprint density at radius 3 is 2.56 bits per heavy atom. The summed E-state index contributed by atoms with van der Waals surface area (Å²) in [6.07, 6.45) is 0. The second-order valence-corrected chi connectivity index (χ2v) is 8.15. The van der Waals surface area contributed by atoms with Crippen molar-refractivity contribution in [2.45, 2.75) is 32.5 Å². The molecule has 6 nitrogen and oxygen atoms in total. The number of rotatable bonds is 8. The summed E-state index contributed by atoms with van der Waals surface area (Å²) in [5.41, 5.74) is 0.243. The number of ether oxygens (including phenoxy) is 1. The van der Waals surface area contributed by atoms with Gasteiger partial charge in [0.15, 0.2) is 0 Å². The number of hydrogen-bond donors (Lipinski definition) is 1. The molecule has 3 rings (SSSR count). The SMILES string of the molecule is COc1ccccc1CN(CCN1C(=O)NC(C)(C)C1=O)Cc1cccs1. The Morgan fingerprint density at radius 2 is 1.93 bits per heavy atom. The lowest BCUT2D eigenvalue weighted by molar-refractivity contribution is -0.130. The average molecular weight is 388 g/mol. The number of benzene rings is 1. The summed E-state index contributed by atoms with van der Waals surface area (Å²) in [6.45, 7) is 5.83. The van der Waals surface area contributed by atoms with E-state index in [4.69, 9.17) is 4.74 Å². The van der Waals surface area contributed by atoms with E-state index in [1.165, 1.54) is 9.78 Å². The predicted molar refractivity (Wildman–Crippen MR) is 106 cm³/mol. The molecule has 1 aromatic heterocycles. The van der Waals surface area contributed by atoms with Gasteiger partial charge in [-0.2, -0.15) is 0 Å². The van der Waals surface area contributed by atoms with Crippen LogP contribution in [0.15, 0.2) is 41.8 Å². The van der Waals surface area contributed by atoms with Crippen molar-refractivity contribution in [2.24, 2.45) is 0 Å². The predicted octanol–water partition coefficient (Wildman–Crippen LogP) is 3.09. The maximum atomic E-state index is 12.4. The van der Waals surface area contributed by atoms with Crippen LogP contribution in [0, 0.1) is 0 Å². The maximum Gasteiger partial charge on any atom is 0.325 e. The first-order valence-electron chi connectivity index (χ1n) is 8.91. The Bertz CT molecular complexity index is 805. The Hall–Kier alpha value is -2.38. The molecule has 1 fully saturated rings. The molecule has 2 heterocycles. The van der Waals surface area contributed by atoms with Gasteiger partial charge in [0.05, 0.1) is 7.11 Å². The molecule has 1 N–H and O–H groups in total. The van der Waals surface area contributed by atoms with Crippen LogP contribution in [0.2, 0.25) is 0 Å². The van der Waals surface area contributed by atoms with Crippen molar-refractivity contribution >= 4 is 23.3 Å². The minimum atomic E-state index is -0.835. The van der Waals surface area contributed by atoms with Crippen LogP contribution in [0.5, 0.6) is 5.75 Å². The lowest BCUT2D eigenvalue weighted by atomic mass is 10.1. The first-order chi connectivity index (χ1) is 12.9. The van der Waals surface area contributed by atoms with E-state index < -0.39 is 5.54 Å². The number of nitrogens with zero attached hydrogens (tertiary/aromatic N) is 2. The van der Waals surface area contributed by atoms with Gasteiger partial charge in [-0.3, -0.25) is 14.6 Å². The monoisotopic (exact) mass is 387 g/mol. The van der Waals surface area contributed by atoms with E-state index in [0.717, 1.165) is 17.9 Å². The number of carbonyl (C=O) groups excluding carboxylic acids is 2. The van der Waals surface area contributed by atoms with E-state index in [1.54, 1.807) is 32.3 Å². The molecule has 0 spiro atoms. The lowest BCUT2D eigenvalue weighted by Gasteiger charge is -2.25. The fraction of sp³-hybridized carbons (Fsp3) is 0.400. The first-order valence-corrected chi connectivity index (χ1v) is 9.79. The third-order valence-electron chi connectivity index (χ3n) is 4.63. The molecule has 0 atom stereocenters. The van der Waals surface area contributed by atoms with Crippen molar-refractivity contribution in [3.63, 3.8) is 0 Å². The van der Waals surface area contributed by atoms with Gasteiger partial charge in [0.25, 0.3) is 5.91 Å². The molecular weight excluding hydrogens is 362 g/mol. The van der Waals surface area contributed by atoms with Crippen molar-refractivity contribution in [3.05, 3.63) is 52.2 Å². The van der Waals surface area contributed by atoms with Crippen LogP contribution in [0.25, 0.3) is 0 Å². The zero-order valence-corrected chi connectivity index (χ0v) is 16.7. The number of amides is 3. The highest BCUT2D eigenvalue weighted by atomic mass is 32.1. The molecule has 1 aliphatic heterocycles. The van der Waals surface area contributed by atoms with Crippen molar-refractivity contribution in [2.75, 3.05) is 20.2 Å². The highest BCUT2D eigenvalue weighted by Gasteiger charge is 2.43. The Labute approximate surface area is 163 Å². The molecule has 0 unspecified atom stereocenters. The Kier molecular flexibility index (Phi) is 5.82. The molecule has 2 aromatic rings. The quantitative estimate of drug-likeness (QED) is 0.707. The largest absolute Gasteiger partial charge is 0.496 e. The topological polar surface area (TPSA) is 61.9 Å². The molecule has 144 valence electrons. The highest BCUT2D eigenvalue weighted by molar-refractivity contribution is 7.09. The van der Waals surface area contributed by atoms with Gasteiger partial charge in [-0.05, 0) is 31.4 Å². The van der Waals surface area contributed by atoms with Crippen LogP contribution in [0.3, 0.4) is 0 Å². The molecular formula is C20H25N3O3S.